The number of nitrogens with one attached hydrogen (secondary N) is 2. The Morgan fingerprint density at radius 1 is 1.00 bits per heavy atom. The fourth-order valence-corrected chi connectivity index (χ4v) is 4.85. The van der Waals surface area contributed by atoms with Gasteiger partial charge < -0.3 is 10.6 Å². The van der Waals surface area contributed by atoms with Crippen LogP contribution in [-0.2, 0) is 0 Å². The van der Waals surface area contributed by atoms with Crippen molar-refractivity contribution < 1.29 is 9.18 Å². The smallest absolute Gasteiger partial charge is 0.253 e. The highest BCUT2D eigenvalue weighted by molar-refractivity contribution is 5.98. The molecule has 2 aliphatic rings. The Labute approximate surface area is 202 Å². The summed E-state index contributed by atoms with van der Waals surface area (Å²) in [7, 11) is 0. The second-order valence-electron chi connectivity index (χ2n) is 9.50. The van der Waals surface area contributed by atoms with Crippen molar-refractivity contribution in [1.29, 1.82) is 0 Å². The van der Waals surface area contributed by atoms with E-state index >= 15 is 0 Å². The maximum absolute atomic E-state index is 13.7. The van der Waals surface area contributed by atoms with Crippen LogP contribution < -0.4 is 10.6 Å². The van der Waals surface area contributed by atoms with E-state index in [0.717, 1.165) is 53.7 Å². The summed E-state index contributed by atoms with van der Waals surface area (Å²) in [5.41, 5.74) is 5.17. The number of aromatic nitrogens is 4. The molecule has 0 spiro atoms. The minimum Gasteiger partial charge on any atom is -0.351 e. The van der Waals surface area contributed by atoms with Gasteiger partial charge >= 0.3 is 0 Å². The zero-order valence-corrected chi connectivity index (χ0v) is 19.6. The molecule has 8 heteroatoms. The molecule has 0 bridgehead atoms. The van der Waals surface area contributed by atoms with E-state index in [4.69, 9.17) is 10.1 Å². The lowest BCUT2D eigenvalue weighted by atomic mass is 10.0. The van der Waals surface area contributed by atoms with Crippen molar-refractivity contribution in [2.75, 3.05) is 5.32 Å². The highest BCUT2D eigenvalue weighted by Crippen LogP contribution is 2.36. The van der Waals surface area contributed by atoms with Crippen LogP contribution in [-0.4, -0.2) is 37.6 Å². The monoisotopic (exact) mass is 470 g/mol. The SMILES string of the molecule is Cc1c(C(=O)NC2CC2)ccc2c(-c3ccnc(NC4CCCC4)n3)c(-c3ccc(F)cc3)nn12. The average Bonchev–Trinajstić information content (AvgIpc) is 3.36. The maximum Gasteiger partial charge on any atom is 0.253 e. The summed E-state index contributed by atoms with van der Waals surface area (Å²) in [5.74, 6) is 0.202. The normalized spacial score (nSPS) is 16.1. The summed E-state index contributed by atoms with van der Waals surface area (Å²) >= 11 is 0. The first-order valence-electron chi connectivity index (χ1n) is 12.3. The summed E-state index contributed by atoms with van der Waals surface area (Å²) in [6.45, 7) is 1.90. The second-order valence-corrected chi connectivity index (χ2v) is 9.50. The molecule has 2 fully saturated rings. The molecule has 0 atom stereocenters. The molecule has 7 nitrogen and oxygen atoms in total. The fourth-order valence-electron chi connectivity index (χ4n) is 4.85. The Kier molecular flexibility index (Phi) is 5.43. The number of nitrogens with zero attached hydrogens (tertiary/aromatic N) is 4. The third-order valence-electron chi connectivity index (χ3n) is 6.91. The Bertz CT molecular complexity index is 1400. The van der Waals surface area contributed by atoms with Crippen molar-refractivity contribution in [3.63, 3.8) is 0 Å². The lowest BCUT2D eigenvalue weighted by molar-refractivity contribution is 0.0950. The van der Waals surface area contributed by atoms with Gasteiger partial charge in [0, 0.05) is 23.8 Å². The van der Waals surface area contributed by atoms with Crippen LogP contribution in [0.3, 0.4) is 0 Å². The van der Waals surface area contributed by atoms with Crippen LogP contribution in [0.4, 0.5) is 10.3 Å². The highest BCUT2D eigenvalue weighted by Gasteiger charge is 2.26. The molecule has 4 aromatic rings. The molecule has 35 heavy (non-hydrogen) atoms. The van der Waals surface area contributed by atoms with Crippen LogP contribution in [0.1, 0.15) is 54.6 Å². The molecule has 1 amide bonds. The third kappa shape index (κ3) is 4.24. The van der Waals surface area contributed by atoms with E-state index in [-0.39, 0.29) is 17.8 Å². The molecule has 0 aliphatic heterocycles. The van der Waals surface area contributed by atoms with E-state index < -0.39 is 0 Å². The van der Waals surface area contributed by atoms with Gasteiger partial charge in [0.05, 0.1) is 28.0 Å². The number of carbonyl (C=O) groups excluding carboxylic acids is 1. The topological polar surface area (TPSA) is 84.2 Å². The zero-order chi connectivity index (χ0) is 23.9. The summed E-state index contributed by atoms with van der Waals surface area (Å²) in [5, 5.41) is 11.4. The molecule has 3 aromatic heterocycles. The number of benzene rings is 1. The van der Waals surface area contributed by atoms with Crippen molar-refractivity contribution in [3.05, 3.63) is 65.7 Å². The van der Waals surface area contributed by atoms with Crippen molar-refractivity contribution in [2.45, 2.75) is 57.5 Å². The number of anilines is 1. The minimum absolute atomic E-state index is 0.0858. The number of hydrogen-bond donors (Lipinski definition) is 2. The molecule has 2 N–H and O–H groups in total. The highest BCUT2D eigenvalue weighted by atomic mass is 19.1. The van der Waals surface area contributed by atoms with E-state index in [2.05, 4.69) is 15.6 Å². The van der Waals surface area contributed by atoms with Crippen LogP contribution in [0.25, 0.3) is 28.0 Å². The van der Waals surface area contributed by atoms with Crippen molar-refractivity contribution >= 4 is 17.4 Å². The van der Waals surface area contributed by atoms with Gasteiger partial charge in [0.2, 0.25) is 5.95 Å². The first-order chi connectivity index (χ1) is 17.1. The number of pyridine rings is 1. The largest absolute Gasteiger partial charge is 0.351 e. The summed E-state index contributed by atoms with van der Waals surface area (Å²) in [6, 6.07) is 12.6. The number of carbonyl (C=O) groups is 1. The van der Waals surface area contributed by atoms with Gasteiger partial charge in [0.1, 0.15) is 11.5 Å². The van der Waals surface area contributed by atoms with Gasteiger partial charge in [-0.25, -0.2) is 18.9 Å². The van der Waals surface area contributed by atoms with Crippen LogP contribution in [0.15, 0.2) is 48.7 Å². The predicted octanol–water partition coefficient (Wildman–Crippen LogP) is 5.15. The molecule has 3 heterocycles. The first-order valence-corrected chi connectivity index (χ1v) is 12.3. The number of fused-ring (bicyclic) bond motifs is 1. The van der Waals surface area contributed by atoms with Gasteiger partial charge in [-0.3, -0.25) is 4.79 Å². The summed E-state index contributed by atoms with van der Waals surface area (Å²) in [4.78, 5) is 22.1. The lowest BCUT2D eigenvalue weighted by Gasteiger charge is -2.12. The number of hydrogen-bond acceptors (Lipinski definition) is 5. The molecule has 0 saturated heterocycles. The molecule has 0 radical (unpaired) electrons. The van der Waals surface area contributed by atoms with E-state index in [0.29, 0.717) is 23.2 Å². The van der Waals surface area contributed by atoms with Crippen molar-refractivity contribution in [2.24, 2.45) is 0 Å². The molecule has 178 valence electrons. The number of amides is 1. The van der Waals surface area contributed by atoms with Gasteiger partial charge in [-0.1, -0.05) is 12.8 Å². The minimum atomic E-state index is -0.306. The molecule has 2 saturated carbocycles. The van der Waals surface area contributed by atoms with Crippen molar-refractivity contribution in [1.82, 2.24) is 24.9 Å². The maximum atomic E-state index is 13.7. The second kappa shape index (κ2) is 8.76. The summed E-state index contributed by atoms with van der Waals surface area (Å²) < 4.78 is 15.5. The zero-order valence-electron chi connectivity index (χ0n) is 19.6. The Hall–Kier alpha value is -3.81. The van der Waals surface area contributed by atoms with E-state index in [1.54, 1.807) is 22.8 Å². The average molecular weight is 471 g/mol. The van der Waals surface area contributed by atoms with E-state index in [9.17, 15) is 9.18 Å². The molecular formula is C27H27FN6O. The van der Waals surface area contributed by atoms with Gasteiger partial charge in [-0.15, -0.1) is 0 Å². The van der Waals surface area contributed by atoms with Gasteiger partial charge in [0.25, 0.3) is 5.91 Å². The Morgan fingerprint density at radius 2 is 1.77 bits per heavy atom. The lowest BCUT2D eigenvalue weighted by Crippen LogP contribution is -2.26. The number of rotatable bonds is 6. The van der Waals surface area contributed by atoms with E-state index in [1.165, 1.54) is 25.0 Å². The quantitative estimate of drug-likeness (QED) is 0.407. The van der Waals surface area contributed by atoms with Gasteiger partial charge in [-0.05, 0) is 75.1 Å². The van der Waals surface area contributed by atoms with Crippen LogP contribution >= 0.6 is 0 Å². The third-order valence-corrected chi connectivity index (χ3v) is 6.91. The number of halogens is 1. The standard InChI is InChI=1S/C27H27FN6O/c1-16-21(26(35)30-20-10-11-20)12-13-23-24(25(33-34(16)23)17-6-8-18(28)9-7-17)22-14-15-29-27(32-22)31-19-4-2-3-5-19/h6-9,12-15,19-20H,2-5,10-11H2,1H3,(H,30,35)(H,29,31,32). The fraction of sp³-hybridized carbons (Fsp3) is 0.333. The van der Waals surface area contributed by atoms with Crippen molar-refractivity contribution in [3.8, 4) is 22.5 Å². The van der Waals surface area contributed by atoms with Crippen LogP contribution in [0.5, 0.6) is 0 Å². The van der Waals surface area contributed by atoms with E-state index in [1.807, 2.05) is 25.1 Å². The Balaban J connectivity index is 1.48. The molecule has 0 unspecified atom stereocenters. The predicted molar refractivity (Wildman–Crippen MR) is 133 cm³/mol. The van der Waals surface area contributed by atoms with Gasteiger partial charge in [0.15, 0.2) is 0 Å². The van der Waals surface area contributed by atoms with Crippen LogP contribution in [0, 0.1) is 12.7 Å². The van der Waals surface area contributed by atoms with Gasteiger partial charge in [-0.2, -0.15) is 5.10 Å². The first kappa shape index (κ1) is 21.7. The summed E-state index contributed by atoms with van der Waals surface area (Å²) in [6.07, 6.45) is 8.48. The molecule has 1 aromatic carbocycles. The van der Waals surface area contributed by atoms with Crippen LogP contribution in [0.2, 0.25) is 0 Å². The molecular weight excluding hydrogens is 443 g/mol. The molecule has 6 rings (SSSR count). The number of aryl methyl sites for hydroxylation is 1. The Morgan fingerprint density at radius 3 is 2.51 bits per heavy atom. The molecule has 2 aliphatic carbocycles.